The molecule has 1 atom stereocenters. The molecule has 1 aromatic heterocycles. The molecular formula is C28H36ClN7O4. The molecule has 0 bridgehead atoms. The Morgan fingerprint density at radius 2 is 2.02 bits per heavy atom. The van der Waals surface area contributed by atoms with Crippen molar-refractivity contribution in [3.05, 3.63) is 52.5 Å². The summed E-state index contributed by atoms with van der Waals surface area (Å²) in [5, 5.41) is 9.28. The number of methoxy groups -OCH3 is 1. The summed E-state index contributed by atoms with van der Waals surface area (Å²) in [5.74, 6) is 5.43. The lowest BCUT2D eigenvalue weighted by molar-refractivity contribution is -0.127. The van der Waals surface area contributed by atoms with E-state index in [1.807, 2.05) is 17.9 Å². The van der Waals surface area contributed by atoms with Crippen LogP contribution < -0.4 is 17.2 Å². The number of imidazole rings is 1. The summed E-state index contributed by atoms with van der Waals surface area (Å²) in [5.41, 5.74) is 18.9. The van der Waals surface area contributed by atoms with Crippen LogP contribution in [0.2, 0.25) is 5.02 Å². The van der Waals surface area contributed by atoms with Crippen LogP contribution in [0.4, 0.5) is 0 Å². The molecule has 2 amide bonds. The van der Waals surface area contributed by atoms with Crippen molar-refractivity contribution in [3.8, 4) is 11.8 Å². The van der Waals surface area contributed by atoms with Gasteiger partial charge in [0, 0.05) is 25.3 Å². The van der Waals surface area contributed by atoms with Gasteiger partial charge in [-0.3, -0.25) is 14.6 Å². The zero-order valence-corrected chi connectivity index (χ0v) is 23.6. The quantitative estimate of drug-likeness (QED) is 0.161. The normalized spacial score (nSPS) is 17.4. The second-order valence-corrected chi connectivity index (χ2v) is 9.87. The SMILES string of the molecule is C=CC(=O)N1CCCC1COC.Cc1nc2cc(C#C/C(N)=C(\C(N)=O)C(N)=NCCO)c(Cl)cc2n1C1CC1. The topological polar surface area (TPSA) is 175 Å². The summed E-state index contributed by atoms with van der Waals surface area (Å²) in [6.07, 6.45) is 5.78. The molecule has 1 unspecified atom stereocenters. The summed E-state index contributed by atoms with van der Waals surface area (Å²) in [7, 11) is 1.66. The molecule has 2 aliphatic rings. The maximum Gasteiger partial charge on any atom is 0.255 e. The van der Waals surface area contributed by atoms with Gasteiger partial charge in [-0.1, -0.05) is 24.1 Å². The van der Waals surface area contributed by atoms with Crippen molar-refractivity contribution in [1.29, 1.82) is 0 Å². The Hall–Kier alpha value is -3.85. The minimum absolute atomic E-state index is 0.0226. The first-order valence-electron chi connectivity index (χ1n) is 13.0. The Morgan fingerprint density at radius 3 is 2.62 bits per heavy atom. The van der Waals surface area contributed by atoms with Gasteiger partial charge in [-0.25, -0.2) is 4.98 Å². The van der Waals surface area contributed by atoms with Gasteiger partial charge in [0.1, 0.15) is 17.2 Å². The second kappa shape index (κ2) is 14.0. The fourth-order valence-corrected chi connectivity index (χ4v) is 4.78. The number of benzene rings is 1. The van der Waals surface area contributed by atoms with Gasteiger partial charge in [-0.15, -0.1) is 0 Å². The van der Waals surface area contributed by atoms with Crippen LogP contribution in [0.3, 0.4) is 0 Å². The van der Waals surface area contributed by atoms with Crippen molar-refractivity contribution in [2.75, 3.05) is 33.4 Å². The Kier molecular flexibility index (Phi) is 10.7. The number of aryl methyl sites for hydroxylation is 1. The highest BCUT2D eigenvalue weighted by Gasteiger charge is 2.28. The fraction of sp³-hybridized carbons (Fsp3) is 0.429. The standard InChI is InChI=1S/C19H21ClN6O2.C9H15NO2/c1-10-25-15-8-11(13(20)9-16(15)26(10)12-3-4-12)2-5-14(21)17(19(23)28)18(22)24-6-7-27;1-3-9(11)10-6-4-5-8(10)7-12-2/h8-9,12,27H,3-4,6-7,21H2,1H3,(H2,22,24)(H2,23,28);3,8H,1,4-7H2,2H3/b17-14+;. The molecule has 0 spiro atoms. The smallest absolute Gasteiger partial charge is 0.255 e. The average Bonchev–Trinajstić information content (AvgIpc) is 3.55. The van der Waals surface area contributed by atoms with Crippen LogP contribution in [-0.4, -0.2) is 76.7 Å². The molecule has 2 fully saturated rings. The van der Waals surface area contributed by atoms with Crippen LogP contribution in [0.1, 0.15) is 43.1 Å². The van der Waals surface area contributed by atoms with Crippen molar-refractivity contribution in [2.24, 2.45) is 22.2 Å². The van der Waals surface area contributed by atoms with E-state index in [9.17, 15) is 9.59 Å². The first kappa shape index (κ1) is 30.7. The molecule has 2 heterocycles. The van der Waals surface area contributed by atoms with Crippen LogP contribution >= 0.6 is 11.6 Å². The highest BCUT2D eigenvalue weighted by atomic mass is 35.5. The molecule has 1 aliphatic carbocycles. The Bertz CT molecular complexity index is 1400. The zero-order valence-electron chi connectivity index (χ0n) is 22.8. The van der Waals surface area contributed by atoms with E-state index in [1.54, 1.807) is 13.2 Å². The largest absolute Gasteiger partial charge is 0.394 e. The van der Waals surface area contributed by atoms with Crippen LogP contribution in [0.5, 0.6) is 0 Å². The summed E-state index contributed by atoms with van der Waals surface area (Å²) >= 11 is 6.40. The van der Waals surface area contributed by atoms with E-state index in [-0.39, 0.29) is 42.2 Å². The van der Waals surface area contributed by atoms with E-state index in [1.165, 1.54) is 6.08 Å². The first-order chi connectivity index (χ1) is 19.1. The number of carbonyl (C=O) groups excluding carboxylic acids is 2. The number of primary amides is 1. The number of rotatable bonds is 8. The predicted molar refractivity (Wildman–Crippen MR) is 155 cm³/mol. The number of amides is 2. The maximum absolute atomic E-state index is 11.7. The van der Waals surface area contributed by atoms with E-state index in [4.69, 9.17) is 38.6 Å². The highest BCUT2D eigenvalue weighted by Crippen LogP contribution is 2.39. The van der Waals surface area contributed by atoms with Gasteiger partial charge in [0.25, 0.3) is 5.91 Å². The monoisotopic (exact) mass is 569 g/mol. The number of likely N-dealkylation sites (tertiary alicyclic amines) is 1. The van der Waals surface area contributed by atoms with E-state index < -0.39 is 5.91 Å². The Labute approximate surface area is 238 Å². The van der Waals surface area contributed by atoms with Gasteiger partial charge in [0.15, 0.2) is 0 Å². The number of allylic oxidation sites excluding steroid dienone is 1. The molecule has 0 radical (unpaired) electrons. The van der Waals surface area contributed by atoms with Gasteiger partial charge in [0.05, 0.1) is 47.6 Å². The van der Waals surface area contributed by atoms with Crippen LogP contribution in [0.25, 0.3) is 11.0 Å². The molecule has 4 rings (SSSR count). The molecule has 11 nitrogen and oxygen atoms in total. The van der Waals surface area contributed by atoms with Crippen molar-refractivity contribution < 1.29 is 19.4 Å². The third kappa shape index (κ3) is 7.41. The summed E-state index contributed by atoms with van der Waals surface area (Å²) < 4.78 is 7.21. The van der Waals surface area contributed by atoms with Gasteiger partial charge in [0.2, 0.25) is 5.91 Å². The lowest BCUT2D eigenvalue weighted by Crippen LogP contribution is -2.36. The minimum Gasteiger partial charge on any atom is -0.394 e. The van der Waals surface area contributed by atoms with Gasteiger partial charge >= 0.3 is 0 Å². The number of ether oxygens (including phenoxy) is 1. The van der Waals surface area contributed by atoms with Gasteiger partial charge in [-0.05, 0) is 56.7 Å². The first-order valence-corrected chi connectivity index (χ1v) is 13.3. The fourth-order valence-electron chi connectivity index (χ4n) is 4.58. The van der Waals surface area contributed by atoms with E-state index in [0.717, 1.165) is 49.1 Å². The van der Waals surface area contributed by atoms with Crippen LogP contribution in [-0.2, 0) is 14.3 Å². The number of aliphatic hydroxyl groups is 1. The number of hydrogen-bond donors (Lipinski definition) is 4. The number of amidine groups is 1. The predicted octanol–water partition coefficient (Wildman–Crippen LogP) is 1.54. The second-order valence-electron chi connectivity index (χ2n) is 9.46. The van der Waals surface area contributed by atoms with Crippen molar-refractivity contribution in [1.82, 2.24) is 14.5 Å². The third-order valence-corrected chi connectivity index (χ3v) is 6.86. The summed E-state index contributed by atoms with van der Waals surface area (Å²) in [6, 6.07) is 4.37. The minimum atomic E-state index is -0.855. The molecule has 40 heavy (non-hydrogen) atoms. The van der Waals surface area contributed by atoms with Gasteiger partial charge in [-0.2, -0.15) is 0 Å². The molecule has 1 saturated heterocycles. The lowest BCUT2D eigenvalue weighted by atomic mass is 10.1. The van der Waals surface area contributed by atoms with E-state index >= 15 is 0 Å². The van der Waals surface area contributed by atoms with Gasteiger partial charge < -0.3 is 36.5 Å². The number of aliphatic imine (C=N–C) groups is 1. The zero-order chi connectivity index (χ0) is 29.4. The molecule has 214 valence electrons. The lowest BCUT2D eigenvalue weighted by Gasteiger charge is -2.22. The number of aromatic nitrogens is 2. The molecule has 12 heteroatoms. The molecule has 7 N–H and O–H groups in total. The van der Waals surface area contributed by atoms with Crippen molar-refractivity contribution >= 4 is 40.3 Å². The number of nitrogens with two attached hydrogens (primary N) is 3. The van der Waals surface area contributed by atoms with Crippen molar-refractivity contribution in [2.45, 2.75) is 44.7 Å². The van der Waals surface area contributed by atoms with E-state index in [0.29, 0.717) is 23.2 Å². The van der Waals surface area contributed by atoms with E-state index in [2.05, 4.69) is 33.0 Å². The highest BCUT2D eigenvalue weighted by molar-refractivity contribution is 6.32. The number of nitrogens with zero attached hydrogens (tertiary/aromatic N) is 4. The number of carbonyl (C=O) groups is 2. The number of fused-ring (bicyclic) bond motifs is 1. The molecular weight excluding hydrogens is 534 g/mol. The maximum atomic E-state index is 11.7. The Balaban J connectivity index is 0.000000307. The molecule has 1 aromatic carbocycles. The van der Waals surface area contributed by atoms with Crippen LogP contribution in [0, 0.1) is 18.8 Å². The molecule has 2 aromatic rings. The molecule has 1 saturated carbocycles. The number of halogens is 1. The average molecular weight is 570 g/mol. The summed E-state index contributed by atoms with van der Waals surface area (Å²) in [4.78, 5) is 33.2. The Morgan fingerprint density at radius 1 is 1.30 bits per heavy atom. The number of aliphatic hydroxyl groups excluding tert-OH is 1. The van der Waals surface area contributed by atoms with Crippen molar-refractivity contribution in [3.63, 3.8) is 0 Å². The van der Waals surface area contributed by atoms with Crippen LogP contribution in [0.15, 0.2) is 41.1 Å². The summed E-state index contributed by atoms with van der Waals surface area (Å²) in [6.45, 7) is 6.72. The third-order valence-electron chi connectivity index (χ3n) is 6.55. The number of hydrogen-bond acceptors (Lipinski definition) is 7. The molecule has 1 aliphatic heterocycles.